The molecule has 0 atom stereocenters. The van der Waals surface area contributed by atoms with Gasteiger partial charge in [0.1, 0.15) is 17.1 Å². The van der Waals surface area contributed by atoms with Gasteiger partial charge < -0.3 is 9.84 Å². The zero-order valence-electron chi connectivity index (χ0n) is 8.80. The van der Waals surface area contributed by atoms with Crippen LogP contribution in [0.3, 0.4) is 0 Å². The number of benzene rings is 1. The molecule has 1 heterocycles. The van der Waals surface area contributed by atoms with Crippen molar-refractivity contribution in [2.75, 3.05) is 0 Å². The lowest BCUT2D eigenvalue weighted by atomic mass is 10.3. The second-order valence-electron chi connectivity index (χ2n) is 3.23. The maximum Gasteiger partial charge on any atom is 0.341 e. The molecule has 0 amide bonds. The van der Waals surface area contributed by atoms with E-state index in [2.05, 4.69) is 26.1 Å². The summed E-state index contributed by atoms with van der Waals surface area (Å²) in [6.07, 6.45) is 1.23. The largest absolute Gasteiger partial charge is 0.477 e. The van der Waals surface area contributed by atoms with Gasteiger partial charge in [-0.3, -0.25) is 0 Å². The molecule has 0 unspecified atom stereocenters. The molecule has 7 heteroatoms. The summed E-state index contributed by atoms with van der Waals surface area (Å²) in [4.78, 5) is 10.9. The summed E-state index contributed by atoms with van der Waals surface area (Å²) in [5.41, 5.74) is -0.152. The minimum Gasteiger partial charge on any atom is -0.477 e. The Balaban J connectivity index is 2.40. The Hall–Kier alpha value is -2.02. The van der Waals surface area contributed by atoms with E-state index < -0.39 is 11.8 Å². The van der Waals surface area contributed by atoms with E-state index >= 15 is 0 Å². The fourth-order valence-corrected chi connectivity index (χ4v) is 1.54. The highest BCUT2D eigenvalue weighted by Gasteiger charge is 2.15. The summed E-state index contributed by atoms with van der Waals surface area (Å²) in [6, 6.07) is 5.05. The number of rotatable bonds is 3. The first kappa shape index (κ1) is 12.4. The third-order valence-electron chi connectivity index (χ3n) is 2.02. The van der Waals surface area contributed by atoms with Crippen LogP contribution in [0.2, 0.25) is 0 Å². The van der Waals surface area contributed by atoms with E-state index in [1.165, 1.54) is 24.4 Å². The number of aromatic nitrogens is 2. The van der Waals surface area contributed by atoms with E-state index in [1.807, 2.05) is 0 Å². The maximum atomic E-state index is 13.1. The monoisotopic (exact) mass is 312 g/mol. The number of halogens is 2. The van der Waals surface area contributed by atoms with E-state index in [1.54, 1.807) is 0 Å². The van der Waals surface area contributed by atoms with Crippen molar-refractivity contribution in [2.45, 2.75) is 0 Å². The van der Waals surface area contributed by atoms with Gasteiger partial charge in [-0.2, -0.15) is 5.10 Å². The molecule has 0 fully saturated rings. The van der Waals surface area contributed by atoms with Crippen molar-refractivity contribution in [1.29, 1.82) is 0 Å². The lowest BCUT2D eigenvalue weighted by Gasteiger charge is -2.08. The van der Waals surface area contributed by atoms with Gasteiger partial charge in [0.25, 0.3) is 5.88 Å². The van der Waals surface area contributed by atoms with Crippen LogP contribution in [0.1, 0.15) is 10.4 Å². The van der Waals surface area contributed by atoms with E-state index in [9.17, 15) is 9.18 Å². The standard InChI is InChI=1S/C11H6BrFN2O3/c12-8-2-1-6(13)5-9(8)18-10-7(11(16)17)3-4-14-15-10/h1-5H,(H,16,17). The highest BCUT2D eigenvalue weighted by atomic mass is 79.9. The van der Waals surface area contributed by atoms with E-state index in [0.29, 0.717) is 4.47 Å². The fraction of sp³-hybridized carbons (Fsp3) is 0. The predicted molar refractivity (Wildman–Crippen MR) is 63.2 cm³/mol. The summed E-state index contributed by atoms with van der Waals surface area (Å²) in [6.45, 7) is 0. The Morgan fingerprint density at radius 1 is 1.39 bits per heavy atom. The highest BCUT2D eigenvalue weighted by Crippen LogP contribution is 2.30. The minimum absolute atomic E-state index is 0.123. The predicted octanol–water partition coefficient (Wildman–Crippen LogP) is 2.87. The molecule has 1 aromatic carbocycles. The highest BCUT2D eigenvalue weighted by molar-refractivity contribution is 9.10. The number of nitrogens with zero attached hydrogens (tertiary/aromatic N) is 2. The molecule has 0 radical (unpaired) electrons. The van der Waals surface area contributed by atoms with Crippen LogP contribution in [-0.4, -0.2) is 21.3 Å². The van der Waals surface area contributed by atoms with Crippen molar-refractivity contribution >= 4 is 21.9 Å². The number of ether oxygens (including phenoxy) is 1. The van der Waals surface area contributed by atoms with Crippen LogP contribution in [0, 0.1) is 5.82 Å². The Labute approximate surface area is 109 Å². The summed E-state index contributed by atoms with van der Waals surface area (Å²) < 4.78 is 18.8. The average Bonchev–Trinajstić information content (AvgIpc) is 2.34. The fourth-order valence-electron chi connectivity index (χ4n) is 1.22. The molecule has 0 saturated carbocycles. The molecule has 1 N–H and O–H groups in total. The number of carboxylic acid groups (broad SMARTS) is 1. The van der Waals surface area contributed by atoms with Crippen LogP contribution < -0.4 is 4.74 Å². The first-order valence-corrected chi connectivity index (χ1v) is 5.55. The van der Waals surface area contributed by atoms with Crippen LogP contribution in [0.5, 0.6) is 11.6 Å². The molecule has 5 nitrogen and oxygen atoms in total. The zero-order chi connectivity index (χ0) is 13.1. The molecule has 18 heavy (non-hydrogen) atoms. The number of hydrogen-bond acceptors (Lipinski definition) is 4. The van der Waals surface area contributed by atoms with Gasteiger partial charge in [-0.05, 0) is 34.1 Å². The first-order chi connectivity index (χ1) is 8.58. The van der Waals surface area contributed by atoms with E-state index in [0.717, 1.165) is 6.07 Å². The quantitative estimate of drug-likeness (QED) is 0.943. The van der Waals surface area contributed by atoms with Crippen LogP contribution in [0.25, 0.3) is 0 Å². The first-order valence-electron chi connectivity index (χ1n) is 4.76. The Kier molecular flexibility index (Phi) is 3.52. The van der Waals surface area contributed by atoms with Crippen molar-refractivity contribution in [1.82, 2.24) is 10.2 Å². The van der Waals surface area contributed by atoms with Crippen LogP contribution >= 0.6 is 15.9 Å². The molecule has 2 aromatic rings. The normalized spacial score (nSPS) is 10.1. The zero-order valence-corrected chi connectivity index (χ0v) is 10.4. The Morgan fingerprint density at radius 3 is 2.89 bits per heavy atom. The third-order valence-corrected chi connectivity index (χ3v) is 2.67. The summed E-state index contributed by atoms with van der Waals surface area (Å²) in [7, 11) is 0. The van der Waals surface area contributed by atoms with E-state index in [4.69, 9.17) is 9.84 Å². The number of aromatic carboxylic acids is 1. The van der Waals surface area contributed by atoms with Gasteiger partial charge in [-0.25, -0.2) is 9.18 Å². The SMILES string of the molecule is O=C(O)c1ccnnc1Oc1cc(F)ccc1Br. The average molecular weight is 313 g/mol. The molecule has 2 rings (SSSR count). The maximum absolute atomic E-state index is 13.1. The molecule has 1 aromatic heterocycles. The second kappa shape index (κ2) is 5.09. The molecule has 0 bridgehead atoms. The van der Waals surface area contributed by atoms with Crippen molar-refractivity contribution in [2.24, 2.45) is 0 Å². The van der Waals surface area contributed by atoms with Crippen LogP contribution in [0.4, 0.5) is 4.39 Å². The summed E-state index contributed by atoms with van der Waals surface area (Å²) in [5, 5.41) is 16.0. The Bertz CT molecular complexity index is 607. The molecule has 92 valence electrons. The van der Waals surface area contributed by atoms with Crippen LogP contribution in [-0.2, 0) is 0 Å². The lowest BCUT2D eigenvalue weighted by Crippen LogP contribution is -2.03. The third kappa shape index (κ3) is 2.62. The summed E-state index contributed by atoms with van der Waals surface area (Å²) >= 11 is 3.16. The lowest BCUT2D eigenvalue weighted by molar-refractivity contribution is 0.0693. The van der Waals surface area contributed by atoms with Crippen molar-refractivity contribution < 1.29 is 19.0 Å². The molecular weight excluding hydrogens is 307 g/mol. The van der Waals surface area contributed by atoms with Crippen molar-refractivity contribution in [3.63, 3.8) is 0 Å². The van der Waals surface area contributed by atoms with Gasteiger partial charge in [0.2, 0.25) is 0 Å². The van der Waals surface area contributed by atoms with Gasteiger partial charge in [-0.1, -0.05) is 0 Å². The number of carboxylic acids is 1. The number of hydrogen-bond donors (Lipinski definition) is 1. The topological polar surface area (TPSA) is 72.3 Å². The second-order valence-corrected chi connectivity index (χ2v) is 4.09. The van der Waals surface area contributed by atoms with Crippen LogP contribution in [0.15, 0.2) is 34.9 Å². The molecule has 0 saturated heterocycles. The van der Waals surface area contributed by atoms with E-state index in [-0.39, 0.29) is 17.2 Å². The molecule has 0 spiro atoms. The van der Waals surface area contributed by atoms with Gasteiger partial charge in [0, 0.05) is 6.07 Å². The molecular formula is C11H6BrFN2O3. The van der Waals surface area contributed by atoms with Gasteiger partial charge in [0.15, 0.2) is 0 Å². The van der Waals surface area contributed by atoms with Gasteiger partial charge >= 0.3 is 5.97 Å². The van der Waals surface area contributed by atoms with Gasteiger partial charge in [-0.15, -0.1) is 5.10 Å². The minimum atomic E-state index is -1.20. The molecule has 0 aliphatic rings. The van der Waals surface area contributed by atoms with Gasteiger partial charge in [0.05, 0.1) is 10.7 Å². The number of carbonyl (C=O) groups is 1. The van der Waals surface area contributed by atoms with Crippen molar-refractivity contribution in [3.8, 4) is 11.6 Å². The summed E-state index contributed by atoms with van der Waals surface area (Å²) in [5.74, 6) is -1.78. The smallest absolute Gasteiger partial charge is 0.341 e. The molecule has 0 aliphatic heterocycles. The Morgan fingerprint density at radius 2 is 2.17 bits per heavy atom. The molecule has 0 aliphatic carbocycles. The van der Waals surface area contributed by atoms with Crippen molar-refractivity contribution in [3.05, 3.63) is 46.3 Å².